The van der Waals surface area contributed by atoms with Crippen molar-refractivity contribution >= 4 is 136 Å². The summed E-state index contributed by atoms with van der Waals surface area (Å²) >= 11 is 0. The second-order valence-corrected chi connectivity index (χ2v) is 0. The quantitative estimate of drug-likeness (QED) is 0.209. The fraction of sp³-hybridized carbons (Fsp3) is 0. The first-order valence-electron chi connectivity index (χ1n) is 0. The van der Waals surface area contributed by atoms with E-state index in [0.717, 1.165) is 0 Å². The predicted octanol–water partition coefficient (Wildman–Crippen LogP) is -9.53. The molecule has 0 aromatic carbocycles. The molecule has 12 N–H and O–H groups in total. The molecule has 78 valence electrons. The van der Waals surface area contributed by atoms with E-state index in [2.05, 4.69) is 0 Å². The minimum atomic E-state index is 0. The van der Waals surface area contributed by atoms with Crippen molar-refractivity contribution in [2.75, 3.05) is 0 Å². The fourth-order valence-electron chi connectivity index (χ4n) is 0. The molecule has 0 aliphatic heterocycles. The Balaban J connectivity index is 0. The monoisotopic (exact) mass is 1160 g/mol. The number of hydrogen-bond acceptors (Lipinski definition) is 0. The van der Waals surface area contributed by atoms with Crippen molar-refractivity contribution in [3.63, 3.8) is 0 Å². The number of rotatable bonds is 0. The summed E-state index contributed by atoms with van der Waals surface area (Å²) < 4.78 is 0. The Morgan fingerprint density at radius 3 is 0.182 bits per heavy atom. The van der Waals surface area contributed by atoms with E-state index in [1.54, 1.807) is 0 Å². The van der Waals surface area contributed by atoms with E-state index in [0.29, 0.717) is 0 Å². The standard InChI is InChI=1S/6H2O.5Pb.10H/h6*1H2;;;;;;;;;;;;;;;. The zero-order valence-electron chi connectivity index (χ0n) is 6.54. The summed E-state index contributed by atoms with van der Waals surface area (Å²) in [5.74, 6) is 0. The topological polar surface area (TPSA) is 189 Å². The molecule has 0 rings (SSSR count). The Kier molecular flexibility index (Phi) is 2030. The van der Waals surface area contributed by atoms with Gasteiger partial charge in [-0.05, 0) is 0 Å². The normalized spacial score (nSPS) is 0. The van der Waals surface area contributed by atoms with Gasteiger partial charge < -0.3 is 32.9 Å². The predicted molar refractivity (Wildman–Crippen MR) is 64.4 cm³/mol. The minimum absolute atomic E-state index is 0. The molecule has 6 nitrogen and oxygen atoms in total. The zero-order valence-corrected chi connectivity index (χ0v) is 34.0. The Bertz CT molecular complexity index is 10.9. The van der Waals surface area contributed by atoms with E-state index in [4.69, 9.17) is 0 Å². The molecule has 0 aromatic rings. The van der Waals surface area contributed by atoms with Crippen LogP contribution in [0.5, 0.6) is 0 Å². The van der Waals surface area contributed by atoms with Crippen LogP contribution in [0.3, 0.4) is 0 Å². The molecule has 0 bridgehead atoms. The van der Waals surface area contributed by atoms with Crippen LogP contribution in [0, 0.1) is 0 Å². The van der Waals surface area contributed by atoms with Crippen LogP contribution in [0.25, 0.3) is 0 Å². The average Bonchev–Trinajstić information content (AvgIpc) is 0. The van der Waals surface area contributed by atoms with E-state index in [1.165, 1.54) is 0 Å². The number of hydrogen-bond donors (Lipinski definition) is 0. The van der Waals surface area contributed by atoms with Gasteiger partial charge in [-0.25, -0.2) is 0 Å². The van der Waals surface area contributed by atoms with Gasteiger partial charge in [-0.1, -0.05) is 0 Å². The molecule has 0 atom stereocenters. The first kappa shape index (κ1) is 166. The molecule has 0 saturated carbocycles. The summed E-state index contributed by atoms with van der Waals surface area (Å²) in [6.07, 6.45) is 0. The van der Waals surface area contributed by atoms with Crippen LogP contribution >= 0.6 is 0 Å². The van der Waals surface area contributed by atoms with E-state index in [1.807, 2.05) is 0 Å². The van der Waals surface area contributed by atoms with Gasteiger partial charge in [0.25, 0.3) is 0 Å². The van der Waals surface area contributed by atoms with Crippen LogP contribution < -0.4 is 0 Å². The van der Waals surface area contributed by atoms with Gasteiger partial charge in [0, 0.05) is 0 Å². The van der Waals surface area contributed by atoms with Crippen LogP contribution in [0.1, 0.15) is 0 Å². The van der Waals surface area contributed by atoms with Gasteiger partial charge in [0.1, 0.15) is 0 Å². The van der Waals surface area contributed by atoms with Gasteiger partial charge >= 0.3 is 136 Å². The Hall–Kier alpha value is 4.37. The first-order chi connectivity index (χ1) is 0. The Morgan fingerprint density at radius 2 is 0.182 bits per heavy atom. The molecule has 11 heavy (non-hydrogen) atoms. The molecule has 0 saturated heterocycles. The molecule has 0 aromatic heterocycles. The van der Waals surface area contributed by atoms with E-state index in [9.17, 15) is 0 Å². The maximum atomic E-state index is 0. The molecule has 0 aliphatic rings. The van der Waals surface area contributed by atoms with Crippen LogP contribution in [-0.4, -0.2) is 169 Å². The van der Waals surface area contributed by atoms with Crippen LogP contribution in [-0.2, 0) is 0 Å². The SMILES string of the molecule is O.O.O.O.O.O.[PbH2].[PbH2].[PbH2].[PbH2].[PbH2]. The summed E-state index contributed by atoms with van der Waals surface area (Å²) in [5, 5.41) is 0. The molecule has 0 heterocycles. The molecule has 10 radical (unpaired) electrons. The van der Waals surface area contributed by atoms with Crippen molar-refractivity contribution in [2.24, 2.45) is 0 Å². The van der Waals surface area contributed by atoms with Crippen molar-refractivity contribution in [1.82, 2.24) is 0 Å². The molecule has 0 fully saturated rings. The molecule has 0 spiro atoms. The van der Waals surface area contributed by atoms with Crippen molar-refractivity contribution in [1.29, 1.82) is 0 Å². The Morgan fingerprint density at radius 1 is 0.182 bits per heavy atom. The molecular formula is H22O6Pb5. The van der Waals surface area contributed by atoms with Gasteiger partial charge in [0.15, 0.2) is 0 Å². The van der Waals surface area contributed by atoms with Crippen LogP contribution in [0.4, 0.5) is 0 Å². The Labute approximate surface area is 166 Å². The summed E-state index contributed by atoms with van der Waals surface area (Å²) in [6, 6.07) is 0. The third kappa shape index (κ3) is 115. The van der Waals surface area contributed by atoms with Gasteiger partial charge in [-0.15, -0.1) is 0 Å². The van der Waals surface area contributed by atoms with Gasteiger partial charge in [0.05, 0.1) is 0 Å². The third-order valence-corrected chi connectivity index (χ3v) is 0. The molecular weight excluding hydrogens is 1130 g/mol. The van der Waals surface area contributed by atoms with Crippen molar-refractivity contribution in [3.05, 3.63) is 0 Å². The van der Waals surface area contributed by atoms with Gasteiger partial charge in [-0.3, -0.25) is 0 Å². The molecule has 0 unspecified atom stereocenters. The summed E-state index contributed by atoms with van der Waals surface area (Å²) in [4.78, 5) is 0. The maximum absolute atomic E-state index is 0. The summed E-state index contributed by atoms with van der Waals surface area (Å²) in [7, 11) is 0. The summed E-state index contributed by atoms with van der Waals surface area (Å²) in [5.41, 5.74) is 0. The van der Waals surface area contributed by atoms with E-state index >= 15 is 0 Å². The molecule has 0 aliphatic carbocycles. The fourth-order valence-corrected chi connectivity index (χ4v) is 0. The van der Waals surface area contributed by atoms with Crippen LogP contribution in [0.15, 0.2) is 0 Å². The second-order valence-electron chi connectivity index (χ2n) is 0. The van der Waals surface area contributed by atoms with Crippen LogP contribution in [0.2, 0.25) is 0 Å². The van der Waals surface area contributed by atoms with Crippen molar-refractivity contribution in [2.45, 2.75) is 0 Å². The first-order valence-corrected chi connectivity index (χ1v) is 0. The average molecular weight is 1150 g/mol. The van der Waals surface area contributed by atoms with Gasteiger partial charge in [-0.2, -0.15) is 0 Å². The third-order valence-electron chi connectivity index (χ3n) is 0. The van der Waals surface area contributed by atoms with E-state index in [-0.39, 0.29) is 169 Å². The summed E-state index contributed by atoms with van der Waals surface area (Å²) in [6.45, 7) is 0. The van der Waals surface area contributed by atoms with Crippen molar-refractivity contribution < 1.29 is 32.9 Å². The molecule has 11 heteroatoms. The second kappa shape index (κ2) is 134. The zero-order chi connectivity index (χ0) is 0. The van der Waals surface area contributed by atoms with Gasteiger partial charge in [0.2, 0.25) is 0 Å². The molecule has 0 amide bonds. The van der Waals surface area contributed by atoms with E-state index < -0.39 is 0 Å². The van der Waals surface area contributed by atoms with Crippen molar-refractivity contribution in [3.8, 4) is 0 Å².